The van der Waals surface area contributed by atoms with Crippen LogP contribution in [0.4, 0.5) is 0 Å². The number of hydrogen-bond acceptors (Lipinski definition) is 3. The van der Waals surface area contributed by atoms with E-state index in [1.165, 1.54) is 116 Å². The van der Waals surface area contributed by atoms with Crippen molar-refractivity contribution in [3.63, 3.8) is 0 Å². The average Bonchev–Trinajstić information content (AvgIpc) is 3.25. The zero-order valence-electron chi connectivity index (χ0n) is 24.4. The molecule has 14 atom stereocenters. The van der Waals surface area contributed by atoms with Crippen LogP contribution in [0.3, 0.4) is 0 Å². The number of rotatable bonds is 1. The molecule has 14 unspecified atom stereocenters. The molecule has 1 saturated heterocycles. The standard InChI is InChI=1S/C34H52I2NO2P/c35-25-13-15-27-23(19-25)11-17-31-33(27)34-28-16-14-26(36)20-24(28)12-18-32(34)39-40(38-31)37-29-7-3-1-5-21(29)9-10-22-6-2-4-8-30(22)37/h9-10,21-34H,1-8,11-20H2. The SMILES string of the molecule is IC1CCC2C(CCC3OP(N4C5CCCCC5C=CC5CCCCC54)OC4CCC5CC(I)CCC5C4C32)C1. The van der Waals surface area contributed by atoms with Gasteiger partial charge in [-0.3, -0.25) is 0 Å². The van der Waals surface area contributed by atoms with Gasteiger partial charge < -0.3 is 9.05 Å². The molecule has 6 aliphatic carbocycles. The van der Waals surface area contributed by atoms with E-state index in [9.17, 15) is 0 Å². The van der Waals surface area contributed by atoms with Gasteiger partial charge in [0.05, 0.1) is 12.2 Å². The molecule has 6 saturated carbocycles. The fourth-order valence-electron chi connectivity index (χ4n) is 11.7. The first kappa shape index (κ1) is 28.9. The van der Waals surface area contributed by atoms with Crippen LogP contribution < -0.4 is 0 Å². The molecule has 2 heterocycles. The maximum atomic E-state index is 7.61. The van der Waals surface area contributed by atoms with E-state index >= 15 is 0 Å². The Morgan fingerprint density at radius 2 is 1.02 bits per heavy atom. The summed E-state index contributed by atoms with van der Waals surface area (Å²) in [5, 5.41) is 0. The lowest BCUT2D eigenvalue weighted by Crippen LogP contribution is -2.52. The first-order chi connectivity index (χ1) is 19.6. The van der Waals surface area contributed by atoms with Gasteiger partial charge in [-0.2, -0.15) is 0 Å². The Balaban J connectivity index is 1.16. The van der Waals surface area contributed by atoms with Crippen molar-refractivity contribution in [2.75, 3.05) is 0 Å². The molecule has 0 aromatic heterocycles. The van der Waals surface area contributed by atoms with Crippen molar-refractivity contribution >= 4 is 53.7 Å². The van der Waals surface area contributed by atoms with Crippen LogP contribution in [-0.2, 0) is 9.05 Å². The van der Waals surface area contributed by atoms with Crippen molar-refractivity contribution in [2.45, 2.75) is 148 Å². The van der Waals surface area contributed by atoms with Gasteiger partial charge in [0, 0.05) is 19.9 Å². The second kappa shape index (κ2) is 12.4. The van der Waals surface area contributed by atoms with E-state index in [1.807, 2.05) is 0 Å². The molecule has 6 heteroatoms. The second-order valence-corrected chi connectivity index (χ2v) is 20.2. The summed E-state index contributed by atoms with van der Waals surface area (Å²) in [6.07, 6.45) is 31.5. The van der Waals surface area contributed by atoms with Crippen molar-refractivity contribution in [3.8, 4) is 0 Å². The Kier molecular flexibility index (Phi) is 8.95. The van der Waals surface area contributed by atoms with Crippen LogP contribution in [0.25, 0.3) is 0 Å². The van der Waals surface area contributed by atoms with Gasteiger partial charge in [0.1, 0.15) is 0 Å². The highest BCUT2D eigenvalue weighted by Crippen LogP contribution is 2.65. The van der Waals surface area contributed by atoms with E-state index in [1.54, 1.807) is 0 Å². The van der Waals surface area contributed by atoms with Crippen molar-refractivity contribution in [1.29, 1.82) is 0 Å². The van der Waals surface area contributed by atoms with Gasteiger partial charge in [0.15, 0.2) is 0 Å². The van der Waals surface area contributed by atoms with E-state index < -0.39 is 8.53 Å². The van der Waals surface area contributed by atoms with E-state index in [4.69, 9.17) is 9.05 Å². The fraction of sp³-hybridized carbons (Fsp3) is 0.941. The number of hydrogen-bond donors (Lipinski definition) is 0. The van der Waals surface area contributed by atoms with Gasteiger partial charge >= 0.3 is 0 Å². The Hall–Kier alpha value is 1.51. The molecule has 8 rings (SSSR count). The summed E-state index contributed by atoms with van der Waals surface area (Å²) >= 11 is 5.55. The van der Waals surface area contributed by atoms with E-state index in [2.05, 4.69) is 62.0 Å². The zero-order chi connectivity index (χ0) is 26.8. The predicted molar refractivity (Wildman–Crippen MR) is 182 cm³/mol. The average molecular weight is 792 g/mol. The number of halogens is 2. The number of fused-ring (bicyclic) bond motifs is 9. The summed E-state index contributed by atoms with van der Waals surface area (Å²) in [5.41, 5.74) is 0. The van der Waals surface area contributed by atoms with Crippen molar-refractivity contribution < 1.29 is 9.05 Å². The van der Waals surface area contributed by atoms with Crippen molar-refractivity contribution in [2.24, 2.45) is 47.3 Å². The first-order valence-electron chi connectivity index (χ1n) is 17.5. The normalized spacial score (nSPS) is 54.8. The molecule has 8 aliphatic rings. The summed E-state index contributed by atoms with van der Waals surface area (Å²) < 4.78 is 20.0. The van der Waals surface area contributed by atoms with Gasteiger partial charge in [-0.05, 0) is 137 Å². The molecule has 224 valence electrons. The number of alkyl halides is 2. The monoisotopic (exact) mass is 791 g/mol. The maximum Gasteiger partial charge on any atom is 0.259 e. The molecular weight excluding hydrogens is 739 g/mol. The summed E-state index contributed by atoms with van der Waals surface area (Å²) in [6, 6.07) is 1.30. The van der Waals surface area contributed by atoms with Crippen LogP contribution in [0.2, 0.25) is 0 Å². The van der Waals surface area contributed by atoms with Crippen LogP contribution in [0.5, 0.6) is 0 Å². The topological polar surface area (TPSA) is 21.7 Å². The largest absolute Gasteiger partial charge is 0.318 e. The molecule has 0 spiro atoms. The van der Waals surface area contributed by atoms with Gasteiger partial charge in [-0.15, -0.1) is 0 Å². The second-order valence-electron chi connectivity index (χ2n) is 15.3. The molecule has 0 aromatic carbocycles. The van der Waals surface area contributed by atoms with Gasteiger partial charge in [0.2, 0.25) is 0 Å². The van der Waals surface area contributed by atoms with Crippen LogP contribution >= 0.6 is 53.7 Å². The van der Waals surface area contributed by atoms with E-state index in [0.717, 1.165) is 43.4 Å². The third-order valence-corrected chi connectivity index (χ3v) is 17.5. The molecular formula is C34H52I2NO2P. The van der Waals surface area contributed by atoms with Crippen LogP contribution in [0, 0.1) is 47.3 Å². The highest BCUT2D eigenvalue weighted by Gasteiger charge is 2.58. The molecule has 0 radical (unpaired) electrons. The minimum atomic E-state index is -0.984. The summed E-state index contributed by atoms with van der Waals surface area (Å²) in [5.74, 6) is 6.62. The summed E-state index contributed by atoms with van der Waals surface area (Å²) in [4.78, 5) is 0. The molecule has 0 N–H and O–H groups in total. The quantitative estimate of drug-likeness (QED) is 0.114. The molecule has 0 amide bonds. The van der Waals surface area contributed by atoms with Crippen molar-refractivity contribution in [1.82, 2.24) is 4.67 Å². The zero-order valence-corrected chi connectivity index (χ0v) is 29.6. The van der Waals surface area contributed by atoms with Crippen LogP contribution in [-0.4, -0.2) is 36.8 Å². The third-order valence-electron chi connectivity index (χ3n) is 13.4. The fourth-order valence-corrected chi connectivity index (χ4v) is 16.0. The Morgan fingerprint density at radius 1 is 0.550 bits per heavy atom. The molecule has 40 heavy (non-hydrogen) atoms. The highest BCUT2D eigenvalue weighted by molar-refractivity contribution is 14.1. The van der Waals surface area contributed by atoms with Gasteiger partial charge in [-0.1, -0.05) is 83.0 Å². The lowest BCUT2D eigenvalue weighted by Gasteiger charge is -2.54. The molecule has 0 aromatic rings. The molecule has 7 fully saturated rings. The molecule has 0 bridgehead atoms. The van der Waals surface area contributed by atoms with Crippen LogP contribution in [0.1, 0.15) is 116 Å². The lowest BCUT2D eigenvalue weighted by molar-refractivity contribution is -0.0838. The van der Waals surface area contributed by atoms with E-state index in [-0.39, 0.29) is 0 Å². The van der Waals surface area contributed by atoms with Crippen molar-refractivity contribution in [3.05, 3.63) is 12.2 Å². The Morgan fingerprint density at radius 3 is 1.52 bits per heavy atom. The third kappa shape index (κ3) is 5.36. The maximum absolute atomic E-state index is 7.61. The predicted octanol–water partition coefficient (Wildman–Crippen LogP) is 10.2. The van der Waals surface area contributed by atoms with Gasteiger partial charge in [0.25, 0.3) is 8.53 Å². The van der Waals surface area contributed by atoms with Gasteiger partial charge in [-0.25, -0.2) is 4.67 Å². The first-order valence-corrected chi connectivity index (χ1v) is 21.1. The lowest BCUT2D eigenvalue weighted by atomic mass is 9.53. The number of nitrogens with zero attached hydrogens (tertiary/aromatic N) is 1. The minimum absolute atomic E-state index is 0.449. The smallest absolute Gasteiger partial charge is 0.259 e. The minimum Gasteiger partial charge on any atom is -0.318 e. The molecule has 3 nitrogen and oxygen atoms in total. The summed E-state index contributed by atoms with van der Waals surface area (Å²) in [6.45, 7) is 0. The Bertz CT molecular complexity index is 866. The van der Waals surface area contributed by atoms with E-state index in [0.29, 0.717) is 36.1 Å². The Labute approximate surface area is 272 Å². The summed E-state index contributed by atoms with van der Waals surface area (Å²) in [7, 11) is -0.984. The van der Waals surface area contributed by atoms with Crippen LogP contribution in [0.15, 0.2) is 12.2 Å². The molecule has 2 aliphatic heterocycles. The highest BCUT2D eigenvalue weighted by atomic mass is 127.